The van der Waals surface area contributed by atoms with Gasteiger partial charge in [-0.1, -0.05) is 19.9 Å². The lowest BCUT2D eigenvalue weighted by Crippen LogP contribution is -2.19. The summed E-state index contributed by atoms with van der Waals surface area (Å²) in [5, 5.41) is 10.9. The van der Waals surface area contributed by atoms with Crippen LogP contribution in [-0.4, -0.2) is 16.3 Å². The second kappa shape index (κ2) is 4.67. The first-order valence-electron chi connectivity index (χ1n) is 4.04. The summed E-state index contributed by atoms with van der Waals surface area (Å²) in [5.41, 5.74) is 0. The fourth-order valence-electron chi connectivity index (χ4n) is 0.817. The van der Waals surface area contributed by atoms with E-state index in [0.29, 0.717) is 0 Å². The summed E-state index contributed by atoms with van der Waals surface area (Å²) in [6.45, 7) is 3.69. The highest BCUT2D eigenvalue weighted by Gasteiger charge is 2.20. The molecule has 0 saturated carbocycles. The van der Waals surface area contributed by atoms with Gasteiger partial charge in [-0.05, 0) is 11.4 Å². The molecule has 0 aliphatic heterocycles. The lowest BCUT2D eigenvalue weighted by atomic mass is 10.1. The van der Waals surface area contributed by atoms with Crippen LogP contribution < -0.4 is 0 Å². The zero-order valence-corrected chi connectivity index (χ0v) is 9.19. The zero-order valence-electron chi connectivity index (χ0n) is 7.56. The van der Waals surface area contributed by atoms with E-state index in [0.717, 1.165) is 0 Å². The Morgan fingerprint density at radius 2 is 2.31 bits per heavy atom. The van der Waals surface area contributed by atoms with Gasteiger partial charge in [-0.3, -0.25) is 4.79 Å². The SMILES string of the molecule is CC(Sc1cccs1)C(C)C(=O)O. The Labute approximate surface area is 86.0 Å². The Kier molecular flexibility index (Phi) is 3.81. The van der Waals surface area contributed by atoms with Crippen molar-refractivity contribution in [3.05, 3.63) is 17.5 Å². The monoisotopic (exact) mass is 216 g/mol. The molecule has 1 N–H and O–H groups in total. The van der Waals surface area contributed by atoms with Crippen molar-refractivity contribution in [3.63, 3.8) is 0 Å². The van der Waals surface area contributed by atoms with Crippen molar-refractivity contribution in [3.8, 4) is 0 Å². The molecule has 0 bridgehead atoms. The first-order valence-corrected chi connectivity index (χ1v) is 5.80. The molecular weight excluding hydrogens is 204 g/mol. The molecule has 1 aromatic rings. The first-order chi connectivity index (χ1) is 6.11. The number of carbonyl (C=O) groups is 1. The predicted molar refractivity (Wildman–Crippen MR) is 56.4 cm³/mol. The fourth-order valence-corrected chi connectivity index (χ4v) is 2.95. The first kappa shape index (κ1) is 10.6. The molecule has 0 radical (unpaired) electrons. The van der Waals surface area contributed by atoms with E-state index in [4.69, 9.17) is 5.11 Å². The van der Waals surface area contributed by atoms with Crippen molar-refractivity contribution in [2.75, 3.05) is 0 Å². The molecule has 0 fully saturated rings. The Hall–Kier alpha value is -0.480. The standard InChI is InChI=1S/C9H12O2S2/c1-6(9(10)11)7(2)13-8-4-3-5-12-8/h3-7H,1-2H3,(H,10,11). The van der Waals surface area contributed by atoms with Gasteiger partial charge in [0.15, 0.2) is 0 Å². The van der Waals surface area contributed by atoms with Crippen molar-refractivity contribution in [2.24, 2.45) is 5.92 Å². The second-order valence-corrected chi connectivity index (χ2v) is 5.51. The minimum Gasteiger partial charge on any atom is -0.481 e. The topological polar surface area (TPSA) is 37.3 Å². The van der Waals surface area contributed by atoms with Gasteiger partial charge >= 0.3 is 5.97 Å². The van der Waals surface area contributed by atoms with E-state index in [-0.39, 0.29) is 11.2 Å². The van der Waals surface area contributed by atoms with Crippen molar-refractivity contribution >= 4 is 29.1 Å². The number of thiophene rings is 1. The van der Waals surface area contributed by atoms with Crippen LogP contribution in [0.4, 0.5) is 0 Å². The van der Waals surface area contributed by atoms with Gasteiger partial charge in [0.2, 0.25) is 0 Å². The van der Waals surface area contributed by atoms with E-state index in [9.17, 15) is 4.79 Å². The van der Waals surface area contributed by atoms with Crippen LogP contribution in [0.15, 0.2) is 21.7 Å². The van der Waals surface area contributed by atoms with E-state index >= 15 is 0 Å². The molecule has 2 unspecified atom stereocenters. The average molecular weight is 216 g/mol. The van der Waals surface area contributed by atoms with Crippen molar-refractivity contribution in [2.45, 2.75) is 23.3 Å². The molecule has 0 aromatic carbocycles. The van der Waals surface area contributed by atoms with Gasteiger partial charge in [-0.25, -0.2) is 0 Å². The van der Waals surface area contributed by atoms with Gasteiger partial charge in [-0.2, -0.15) is 0 Å². The van der Waals surface area contributed by atoms with Gasteiger partial charge in [0, 0.05) is 5.25 Å². The fraction of sp³-hybridized carbons (Fsp3) is 0.444. The van der Waals surface area contributed by atoms with Crippen LogP contribution in [0.2, 0.25) is 0 Å². The third kappa shape index (κ3) is 3.04. The van der Waals surface area contributed by atoms with Gasteiger partial charge < -0.3 is 5.11 Å². The van der Waals surface area contributed by atoms with E-state index in [1.807, 2.05) is 24.4 Å². The summed E-state index contributed by atoms with van der Waals surface area (Å²) in [5.74, 6) is -1.02. The third-order valence-electron chi connectivity index (χ3n) is 1.89. The van der Waals surface area contributed by atoms with Gasteiger partial charge in [0.25, 0.3) is 0 Å². The van der Waals surface area contributed by atoms with Crippen molar-refractivity contribution in [1.29, 1.82) is 0 Å². The van der Waals surface area contributed by atoms with Crippen molar-refractivity contribution < 1.29 is 9.90 Å². The van der Waals surface area contributed by atoms with Gasteiger partial charge in [0.05, 0.1) is 10.1 Å². The maximum absolute atomic E-state index is 10.7. The van der Waals surface area contributed by atoms with E-state index in [1.165, 1.54) is 4.21 Å². The Balaban J connectivity index is 2.50. The van der Waals surface area contributed by atoms with Crippen LogP contribution in [-0.2, 0) is 4.79 Å². The van der Waals surface area contributed by atoms with Crippen LogP contribution >= 0.6 is 23.1 Å². The minimum absolute atomic E-state index is 0.121. The molecule has 2 nitrogen and oxygen atoms in total. The van der Waals surface area contributed by atoms with E-state index < -0.39 is 5.97 Å². The van der Waals surface area contributed by atoms with Crippen LogP contribution in [0, 0.1) is 5.92 Å². The molecule has 0 aliphatic carbocycles. The number of thioether (sulfide) groups is 1. The summed E-state index contributed by atoms with van der Waals surface area (Å²) in [7, 11) is 0. The number of carboxylic acids is 1. The normalized spacial score (nSPS) is 15.2. The molecule has 1 rings (SSSR count). The van der Waals surface area contributed by atoms with E-state index in [1.54, 1.807) is 30.0 Å². The molecule has 72 valence electrons. The van der Waals surface area contributed by atoms with Gasteiger partial charge in [0.1, 0.15) is 0 Å². The summed E-state index contributed by atoms with van der Waals surface area (Å²) in [4.78, 5) is 10.7. The third-order valence-corrected chi connectivity index (χ3v) is 4.28. The summed E-state index contributed by atoms with van der Waals surface area (Å²) >= 11 is 3.27. The van der Waals surface area contributed by atoms with E-state index in [2.05, 4.69) is 0 Å². The molecular formula is C9H12O2S2. The van der Waals surface area contributed by atoms with Crippen LogP contribution in [0.25, 0.3) is 0 Å². The zero-order chi connectivity index (χ0) is 9.84. The molecule has 2 atom stereocenters. The summed E-state index contributed by atoms with van der Waals surface area (Å²) < 4.78 is 1.18. The molecule has 1 heterocycles. The van der Waals surface area contributed by atoms with Crippen LogP contribution in [0.3, 0.4) is 0 Å². The number of rotatable bonds is 4. The molecule has 0 aliphatic rings. The molecule has 13 heavy (non-hydrogen) atoms. The highest BCUT2D eigenvalue weighted by molar-refractivity contribution is 8.01. The molecule has 0 amide bonds. The summed E-state index contributed by atoms with van der Waals surface area (Å²) in [6, 6.07) is 3.99. The Morgan fingerprint density at radius 1 is 1.62 bits per heavy atom. The molecule has 1 aromatic heterocycles. The molecule has 0 saturated heterocycles. The lowest BCUT2D eigenvalue weighted by molar-refractivity contribution is -0.140. The lowest BCUT2D eigenvalue weighted by Gasteiger charge is -2.13. The number of hydrogen-bond acceptors (Lipinski definition) is 3. The largest absolute Gasteiger partial charge is 0.481 e. The van der Waals surface area contributed by atoms with Crippen molar-refractivity contribution in [1.82, 2.24) is 0 Å². The number of hydrogen-bond donors (Lipinski definition) is 1. The predicted octanol–water partition coefficient (Wildman–Crippen LogP) is 2.95. The minimum atomic E-state index is -0.725. The second-order valence-electron chi connectivity index (χ2n) is 2.88. The quantitative estimate of drug-likeness (QED) is 0.786. The van der Waals surface area contributed by atoms with Gasteiger partial charge in [-0.15, -0.1) is 23.1 Å². The average Bonchev–Trinajstić information content (AvgIpc) is 2.55. The Bertz CT molecular complexity index is 269. The number of aliphatic carboxylic acids is 1. The maximum Gasteiger partial charge on any atom is 0.307 e. The highest BCUT2D eigenvalue weighted by Crippen LogP contribution is 2.31. The maximum atomic E-state index is 10.7. The number of carboxylic acid groups (broad SMARTS) is 1. The smallest absolute Gasteiger partial charge is 0.307 e. The van der Waals surface area contributed by atoms with Crippen LogP contribution in [0.5, 0.6) is 0 Å². The highest BCUT2D eigenvalue weighted by atomic mass is 32.2. The summed E-state index contributed by atoms with van der Waals surface area (Å²) in [6.07, 6.45) is 0. The Morgan fingerprint density at radius 3 is 2.77 bits per heavy atom. The molecule has 0 spiro atoms. The molecule has 4 heteroatoms. The van der Waals surface area contributed by atoms with Crippen LogP contribution in [0.1, 0.15) is 13.8 Å².